The predicted octanol–water partition coefficient (Wildman–Crippen LogP) is 2.31. The van der Waals surface area contributed by atoms with E-state index >= 15 is 0 Å². The lowest BCUT2D eigenvalue weighted by atomic mass is 10.0. The van der Waals surface area contributed by atoms with E-state index in [1.807, 2.05) is 0 Å². The highest BCUT2D eigenvalue weighted by Gasteiger charge is 2.23. The lowest BCUT2D eigenvalue weighted by molar-refractivity contribution is -0.385. The number of nitrogens with one attached hydrogen (secondary N) is 1. The van der Waals surface area contributed by atoms with E-state index in [0.717, 1.165) is 6.07 Å². The summed E-state index contributed by atoms with van der Waals surface area (Å²) in [7, 11) is 0. The van der Waals surface area contributed by atoms with Crippen molar-refractivity contribution in [3.63, 3.8) is 0 Å². The molecule has 0 saturated heterocycles. The summed E-state index contributed by atoms with van der Waals surface area (Å²) in [5, 5.41) is 22.9. The summed E-state index contributed by atoms with van der Waals surface area (Å²) < 4.78 is 13.5. The smallest absolute Gasteiger partial charge is 0.272 e. The van der Waals surface area contributed by atoms with Crippen molar-refractivity contribution in [1.29, 1.82) is 0 Å². The predicted molar refractivity (Wildman–Crippen MR) is 62.4 cm³/mol. The van der Waals surface area contributed by atoms with Gasteiger partial charge in [-0.05, 0) is 26.8 Å². The number of hydrogen-bond donors (Lipinski definition) is 2. The zero-order chi connectivity index (χ0) is 13.2. The normalized spacial score (nSPS) is 13.2. The highest BCUT2D eigenvalue weighted by atomic mass is 19.1. The zero-order valence-corrected chi connectivity index (χ0v) is 9.90. The molecule has 1 atom stereocenters. The molecular weight excluding hydrogens is 227 g/mol. The maximum Gasteiger partial charge on any atom is 0.272 e. The van der Waals surface area contributed by atoms with Crippen molar-refractivity contribution in [2.45, 2.75) is 32.4 Å². The van der Waals surface area contributed by atoms with Crippen LogP contribution in [0.4, 0.5) is 15.8 Å². The van der Waals surface area contributed by atoms with Crippen molar-refractivity contribution >= 4 is 11.4 Å². The molecule has 0 radical (unpaired) electrons. The van der Waals surface area contributed by atoms with Crippen molar-refractivity contribution < 1.29 is 14.4 Å². The average molecular weight is 242 g/mol. The molecule has 1 aromatic carbocycles. The van der Waals surface area contributed by atoms with Crippen LogP contribution in [0.1, 0.15) is 20.8 Å². The second kappa shape index (κ2) is 4.67. The molecule has 0 amide bonds. The Hall–Kier alpha value is -1.69. The van der Waals surface area contributed by atoms with Crippen molar-refractivity contribution in [2.24, 2.45) is 0 Å². The first kappa shape index (κ1) is 13.4. The van der Waals surface area contributed by atoms with Crippen LogP contribution < -0.4 is 5.32 Å². The number of nitrogens with zero attached hydrogens (tertiary/aromatic N) is 1. The fourth-order valence-corrected chi connectivity index (χ4v) is 1.14. The quantitative estimate of drug-likeness (QED) is 0.627. The highest BCUT2D eigenvalue weighted by molar-refractivity contribution is 5.50. The number of anilines is 1. The van der Waals surface area contributed by atoms with E-state index < -0.39 is 22.4 Å². The Bertz CT molecular complexity index is 429. The Morgan fingerprint density at radius 3 is 2.53 bits per heavy atom. The summed E-state index contributed by atoms with van der Waals surface area (Å²) >= 11 is 0. The van der Waals surface area contributed by atoms with Gasteiger partial charge in [0.15, 0.2) is 5.82 Å². The summed E-state index contributed by atoms with van der Waals surface area (Å²) in [6.45, 7) is 4.88. The van der Waals surface area contributed by atoms with Gasteiger partial charge in [0.2, 0.25) is 0 Å². The van der Waals surface area contributed by atoms with Gasteiger partial charge < -0.3 is 10.4 Å². The Labute approximate surface area is 98.4 Å². The van der Waals surface area contributed by atoms with Gasteiger partial charge >= 0.3 is 0 Å². The Morgan fingerprint density at radius 2 is 2.12 bits per heavy atom. The number of aliphatic hydroxyl groups is 1. The molecule has 0 aliphatic carbocycles. The summed E-state index contributed by atoms with van der Waals surface area (Å²) in [5.41, 5.74) is -1.19. The lowest BCUT2D eigenvalue weighted by Crippen LogP contribution is -2.39. The number of non-ortho nitro benzene ring substituents is 1. The fraction of sp³-hybridized carbons (Fsp3) is 0.455. The molecule has 94 valence electrons. The third-order valence-electron chi connectivity index (χ3n) is 2.60. The number of nitro benzene ring substituents is 1. The molecule has 0 spiro atoms. The lowest BCUT2D eigenvalue weighted by Gasteiger charge is -2.27. The van der Waals surface area contributed by atoms with Crippen LogP contribution in [0.2, 0.25) is 0 Å². The van der Waals surface area contributed by atoms with Gasteiger partial charge in [0.1, 0.15) is 0 Å². The van der Waals surface area contributed by atoms with Crippen LogP contribution in [0.5, 0.6) is 0 Å². The van der Waals surface area contributed by atoms with Gasteiger partial charge in [0, 0.05) is 6.07 Å². The van der Waals surface area contributed by atoms with Gasteiger partial charge in [0.05, 0.1) is 28.3 Å². The minimum atomic E-state index is -1.02. The van der Waals surface area contributed by atoms with E-state index in [0.29, 0.717) is 0 Å². The molecular formula is C11H15FN2O3. The fourth-order valence-electron chi connectivity index (χ4n) is 1.14. The molecule has 0 bridgehead atoms. The highest BCUT2D eigenvalue weighted by Crippen LogP contribution is 2.23. The van der Waals surface area contributed by atoms with Crippen molar-refractivity contribution in [2.75, 3.05) is 5.32 Å². The van der Waals surface area contributed by atoms with Crippen molar-refractivity contribution in [1.82, 2.24) is 0 Å². The zero-order valence-electron chi connectivity index (χ0n) is 9.90. The van der Waals surface area contributed by atoms with Crippen LogP contribution in [0.3, 0.4) is 0 Å². The third kappa shape index (κ3) is 3.39. The molecule has 6 heteroatoms. The van der Waals surface area contributed by atoms with E-state index in [1.165, 1.54) is 12.1 Å². The number of hydrogen-bond acceptors (Lipinski definition) is 4. The molecule has 0 aliphatic heterocycles. The van der Waals surface area contributed by atoms with Crippen molar-refractivity contribution in [3.8, 4) is 0 Å². The van der Waals surface area contributed by atoms with E-state index in [2.05, 4.69) is 5.32 Å². The number of halogens is 1. The van der Waals surface area contributed by atoms with Crippen molar-refractivity contribution in [3.05, 3.63) is 34.1 Å². The van der Waals surface area contributed by atoms with Gasteiger partial charge in [-0.3, -0.25) is 10.1 Å². The molecule has 1 aromatic rings. The van der Waals surface area contributed by atoms with E-state index in [-0.39, 0.29) is 11.4 Å². The number of rotatable bonds is 4. The summed E-state index contributed by atoms with van der Waals surface area (Å²) in [6, 6.07) is 2.95. The maximum atomic E-state index is 13.5. The minimum Gasteiger partial charge on any atom is -0.388 e. The van der Waals surface area contributed by atoms with E-state index in [4.69, 9.17) is 0 Å². The molecule has 2 N–H and O–H groups in total. The monoisotopic (exact) mass is 242 g/mol. The molecule has 1 unspecified atom stereocenters. The van der Waals surface area contributed by atoms with Crippen LogP contribution in [-0.2, 0) is 0 Å². The Kier molecular flexibility index (Phi) is 3.67. The molecule has 0 fully saturated rings. The van der Waals surface area contributed by atoms with E-state index in [1.54, 1.807) is 20.8 Å². The summed E-state index contributed by atoms with van der Waals surface area (Å²) in [6.07, 6.45) is 0. The Balaban J connectivity index is 2.90. The topological polar surface area (TPSA) is 75.4 Å². The Morgan fingerprint density at radius 1 is 1.53 bits per heavy atom. The largest absolute Gasteiger partial charge is 0.388 e. The molecule has 0 aromatic heterocycles. The van der Waals surface area contributed by atoms with Crippen LogP contribution in [0.25, 0.3) is 0 Å². The average Bonchev–Trinajstić information content (AvgIpc) is 2.19. The van der Waals surface area contributed by atoms with Crippen LogP contribution in [0.15, 0.2) is 18.2 Å². The van der Waals surface area contributed by atoms with Gasteiger partial charge in [-0.15, -0.1) is 0 Å². The summed E-state index contributed by atoms with van der Waals surface area (Å²) in [4.78, 5) is 9.76. The molecule has 0 aliphatic rings. The first-order valence-corrected chi connectivity index (χ1v) is 5.14. The molecule has 5 nitrogen and oxygen atoms in total. The maximum absolute atomic E-state index is 13.5. The molecule has 1 rings (SSSR count). The van der Waals surface area contributed by atoms with Crippen LogP contribution >= 0.6 is 0 Å². The van der Waals surface area contributed by atoms with Gasteiger partial charge in [0.25, 0.3) is 5.69 Å². The SMILES string of the molecule is CC(Nc1ccc([N+](=O)[O-])cc1F)C(C)(C)O. The second-order valence-electron chi connectivity index (χ2n) is 4.44. The van der Waals surface area contributed by atoms with E-state index in [9.17, 15) is 19.6 Å². The first-order valence-electron chi connectivity index (χ1n) is 5.14. The van der Waals surface area contributed by atoms with Gasteiger partial charge in [-0.25, -0.2) is 4.39 Å². The molecule has 17 heavy (non-hydrogen) atoms. The van der Waals surface area contributed by atoms with Crippen LogP contribution in [-0.4, -0.2) is 21.7 Å². The number of nitro groups is 1. The standard InChI is InChI=1S/C11H15FN2O3/c1-7(11(2,3)15)13-10-5-4-8(14(16)17)6-9(10)12/h4-7,13,15H,1-3H3. The first-order chi connectivity index (χ1) is 7.71. The molecule has 0 saturated carbocycles. The minimum absolute atomic E-state index is 0.130. The summed E-state index contributed by atoms with van der Waals surface area (Å²) in [5.74, 6) is -0.713. The van der Waals surface area contributed by atoms with Gasteiger partial charge in [-0.1, -0.05) is 0 Å². The third-order valence-corrected chi connectivity index (χ3v) is 2.60. The van der Waals surface area contributed by atoms with Gasteiger partial charge in [-0.2, -0.15) is 0 Å². The van der Waals surface area contributed by atoms with Crippen LogP contribution in [0, 0.1) is 15.9 Å². The second-order valence-corrected chi connectivity index (χ2v) is 4.44. The number of benzene rings is 1. The molecule has 0 heterocycles.